The van der Waals surface area contributed by atoms with Crippen LogP contribution in [0.4, 0.5) is 0 Å². The van der Waals surface area contributed by atoms with Crippen LogP contribution in [-0.4, -0.2) is 24.8 Å². The summed E-state index contributed by atoms with van der Waals surface area (Å²) < 4.78 is 5.09. The quantitative estimate of drug-likeness (QED) is 0.581. The summed E-state index contributed by atoms with van der Waals surface area (Å²) >= 11 is 0. The largest absolute Gasteiger partial charge is 0.508 e. The molecule has 0 saturated heterocycles. The molecule has 0 bridgehead atoms. The van der Waals surface area contributed by atoms with E-state index in [1.165, 1.54) is 13.2 Å². The normalized spacial score (nSPS) is 11.8. The van der Waals surface area contributed by atoms with Gasteiger partial charge < -0.3 is 9.84 Å². The number of carbonyl (C=O) groups excluding carboxylic acids is 1. The average molecular weight is 193 g/mol. The Labute approximate surface area is 81.9 Å². The van der Waals surface area contributed by atoms with Crippen molar-refractivity contribution in [2.24, 2.45) is 4.99 Å². The van der Waals surface area contributed by atoms with Gasteiger partial charge in [-0.2, -0.15) is 0 Å². The van der Waals surface area contributed by atoms with Crippen LogP contribution in [0.2, 0.25) is 0 Å². The number of hydrogen-bond donors (Lipinski definition) is 1. The third-order valence-corrected chi connectivity index (χ3v) is 1.89. The van der Waals surface area contributed by atoms with Crippen molar-refractivity contribution >= 4 is 6.08 Å². The highest BCUT2D eigenvalue weighted by Gasteiger charge is 2.13. The van der Waals surface area contributed by atoms with Crippen LogP contribution in [0.15, 0.2) is 29.3 Å². The van der Waals surface area contributed by atoms with E-state index < -0.39 is 6.10 Å². The van der Waals surface area contributed by atoms with Crippen molar-refractivity contribution in [2.45, 2.75) is 6.10 Å². The summed E-state index contributed by atoms with van der Waals surface area (Å²) in [6.07, 6.45) is 1.03. The highest BCUT2D eigenvalue weighted by atomic mass is 16.5. The summed E-state index contributed by atoms with van der Waals surface area (Å²) in [5, 5.41) is 9.49. The van der Waals surface area contributed by atoms with Gasteiger partial charge >= 0.3 is 0 Å². The van der Waals surface area contributed by atoms with Gasteiger partial charge in [-0.25, -0.2) is 9.79 Å². The van der Waals surface area contributed by atoms with Crippen molar-refractivity contribution in [1.82, 2.24) is 0 Å². The third-order valence-electron chi connectivity index (χ3n) is 1.89. The van der Waals surface area contributed by atoms with Crippen LogP contribution in [0, 0.1) is 0 Å². The molecule has 1 N–H and O–H groups in total. The van der Waals surface area contributed by atoms with Gasteiger partial charge in [0.1, 0.15) is 11.9 Å². The van der Waals surface area contributed by atoms with Crippen LogP contribution >= 0.6 is 0 Å². The minimum absolute atomic E-state index is 0.139. The van der Waals surface area contributed by atoms with Gasteiger partial charge in [0.25, 0.3) is 0 Å². The molecule has 1 atom stereocenters. The van der Waals surface area contributed by atoms with Gasteiger partial charge in [-0.3, -0.25) is 0 Å². The summed E-state index contributed by atoms with van der Waals surface area (Å²) in [5.74, 6) is 0.139. The summed E-state index contributed by atoms with van der Waals surface area (Å²) in [6, 6.07) is 6.79. The molecule has 0 saturated carbocycles. The number of ether oxygens (including phenoxy) is 1. The molecule has 0 spiro atoms. The van der Waals surface area contributed by atoms with Crippen LogP contribution in [-0.2, 0) is 9.53 Å². The molecule has 0 amide bonds. The smallest absolute Gasteiger partial charge is 0.235 e. The standard InChI is InChI=1S/C10H11NO3/c1-14-10(6-11-7-12)8-4-2-3-5-9(8)13/h2-5,10,13H,6H2,1H3. The Balaban J connectivity index is 2.88. The number of aromatic hydroxyl groups is 1. The van der Waals surface area contributed by atoms with Crippen LogP contribution < -0.4 is 0 Å². The summed E-state index contributed by atoms with van der Waals surface area (Å²) in [7, 11) is 1.50. The summed E-state index contributed by atoms with van der Waals surface area (Å²) in [5.41, 5.74) is 0.619. The van der Waals surface area contributed by atoms with Gasteiger partial charge in [0.2, 0.25) is 6.08 Å². The second-order valence-corrected chi connectivity index (χ2v) is 2.72. The van der Waals surface area contributed by atoms with E-state index in [0.717, 1.165) is 0 Å². The molecule has 0 aliphatic heterocycles. The first-order chi connectivity index (χ1) is 6.79. The number of rotatable bonds is 4. The minimum atomic E-state index is -0.405. The molecule has 0 heterocycles. The molecule has 0 radical (unpaired) electrons. The van der Waals surface area contributed by atoms with Gasteiger partial charge in [-0.05, 0) is 6.07 Å². The topological polar surface area (TPSA) is 58.9 Å². The van der Waals surface area contributed by atoms with Crippen molar-refractivity contribution in [3.8, 4) is 5.75 Å². The molecule has 4 nitrogen and oxygen atoms in total. The molecular weight excluding hydrogens is 182 g/mol. The van der Waals surface area contributed by atoms with Gasteiger partial charge in [-0.15, -0.1) is 0 Å². The first-order valence-corrected chi connectivity index (χ1v) is 4.14. The van der Waals surface area contributed by atoms with Crippen molar-refractivity contribution in [2.75, 3.05) is 13.7 Å². The van der Waals surface area contributed by atoms with Gasteiger partial charge in [0.15, 0.2) is 0 Å². The number of phenols is 1. The lowest BCUT2D eigenvalue weighted by atomic mass is 10.1. The first kappa shape index (κ1) is 10.4. The van der Waals surface area contributed by atoms with E-state index in [1.54, 1.807) is 24.3 Å². The Bertz CT molecular complexity index is 345. The zero-order chi connectivity index (χ0) is 10.4. The van der Waals surface area contributed by atoms with E-state index in [1.807, 2.05) is 0 Å². The number of aliphatic imine (C=N–C) groups is 1. The van der Waals surface area contributed by atoms with Crippen molar-refractivity contribution in [3.63, 3.8) is 0 Å². The zero-order valence-electron chi connectivity index (χ0n) is 7.80. The highest BCUT2D eigenvalue weighted by Crippen LogP contribution is 2.25. The van der Waals surface area contributed by atoms with E-state index >= 15 is 0 Å². The van der Waals surface area contributed by atoms with Crippen LogP contribution in [0.5, 0.6) is 5.75 Å². The van der Waals surface area contributed by atoms with E-state index in [9.17, 15) is 9.90 Å². The molecule has 0 fully saturated rings. The lowest BCUT2D eigenvalue weighted by molar-refractivity contribution is 0.108. The van der Waals surface area contributed by atoms with Crippen molar-refractivity contribution in [3.05, 3.63) is 29.8 Å². The number of para-hydroxylation sites is 1. The monoisotopic (exact) mass is 193 g/mol. The molecule has 14 heavy (non-hydrogen) atoms. The van der Waals surface area contributed by atoms with Crippen molar-refractivity contribution in [1.29, 1.82) is 0 Å². The van der Waals surface area contributed by atoms with Crippen LogP contribution in [0.25, 0.3) is 0 Å². The number of phenolic OH excluding ortho intramolecular Hbond substituents is 1. The first-order valence-electron chi connectivity index (χ1n) is 4.14. The Morgan fingerprint density at radius 2 is 2.29 bits per heavy atom. The number of hydrogen-bond acceptors (Lipinski definition) is 4. The molecule has 0 aliphatic rings. The molecule has 74 valence electrons. The summed E-state index contributed by atoms with van der Waals surface area (Å²) in [4.78, 5) is 13.4. The molecule has 0 aliphatic carbocycles. The molecule has 1 aromatic rings. The molecule has 1 aromatic carbocycles. The third kappa shape index (κ3) is 2.42. The second kappa shape index (κ2) is 5.17. The Morgan fingerprint density at radius 1 is 1.57 bits per heavy atom. The maximum Gasteiger partial charge on any atom is 0.235 e. The fourth-order valence-electron chi connectivity index (χ4n) is 1.18. The van der Waals surface area contributed by atoms with Gasteiger partial charge in [0, 0.05) is 12.7 Å². The molecule has 1 unspecified atom stereocenters. The van der Waals surface area contributed by atoms with E-state index in [0.29, 0.717) is 5.56 Å². The molecule has 4 heteroatoms. The lowest BCUT2D eigenvalue weighted by Crippen LogP contribution is -2.05. The molecule has 1 rings (SSSR count). The second-order valence-electron chi connectivity index (χ2n) is 2.72. The average Bonchev–Trinajstić information content (AvgIpc) is 2.21. The fourth-order valence-corrected chi connectivity index (χ4v) is 1.18. The van der Waals surface area contributed by atoms with E-state index in [4.69, 9.17) is 4.74 Å². The Morgan fingerprint density at radius 3 is 2.86 bits per heavy atom. The van der Waals surface area contributed by atoms with E-state index in [-0.39, 0.29) is 12.3 Å². The number of methoxy groups -OCH3 is 1. The Hall–Kier alpha value is -1.64. The predicted molar refractivity (Wildman–Crippen MR) is 50.8 cm³/mol. The van der Waals surface area contributed by atoms with E-state index in [2.05, 4.69) is 4.99 Å². The predicted octanol–water partition coefficient (Wildman–Crippen LogP) is 1.42. The minimum Gasteiger partial charge on any atom is -0.508 e. The van der Waals surface area contributed by atoms with Gasteiger partial charge in [-0.1, -0.05) is 18.2 Å². The highest BCUT2D eigenvalue weighted by molar-refractivity contribution is 5.36. The number of nitrogens with zero attached hydrogens (tertiary/aromatic N) is 1. The summed E-state index contributed by atoms with van der Waals surface area (Å²) in [6.45, 7) is 0.164. The lowest BCUT2D eigenvalue weighted by Gasteiger charge is -2.13. The van der Waals surface area contributed by atoms with Crippen LogP contribution in [0.3, 0.4) is 0 Å². The number of isocyanates is 1. The maximum absolute atomic E-state index is 9.93. The molecule has 0 aromatic heterocycles. The SMILES string of the molecule is COC(CN=C=O)c1ccccc1O. The molecular formula is C10H11NO3. The van der Waals surface area contributed by atoms with Crippen LogP contribution in [0.1, 0.15) is 11.7 Å². The number of benzene rings is 1. The van der Waals surface area contributed by atoms with Gasteiger partial charge in [0.05, 0.1) is 6.54 Å². The van der Waals surface area contributed by atoms with Crippen molar-refractivity contribution < 1.29 is 14.6 Å². The Kier molecular flexibility index (Phi) is 3.85. The zero-order valence-corrected chi connectivity index (χ0v) is 7.80. The fraction of sp³-hybridized carbons (Fsp3) is 0.300. The maximum atomic E-state index is 9.93.